The van der Waals surface area contributed by atoms with Gasteiger partial charge >= 0.3 is 12.1 Å². The number of nitrogens with zero attached hydrogens (tertiary/aromatic N) is 3. The molecule has 3 heterocycles. The molecule has 10 nitrogen and oxygen atoms in total. The molecule has 2 aliphatic carbocycles. The number of benzene rings is 1. The molecule has 1 unspecified atom stereocenters. The lowest BCUT2D eigenvalue weighted by molar-refractivity contribution is -0.143. The summed E-state index contributed by atoms with van der Waals surface area (Å²) in [4.78, 5) is 59.0. The quantitative estimate of drug-likeness (QED) is 0.662. The van der Waals surface area contributed by atoms with Gasteiger partial charge in [-0.25, -0.2) is 14.5 Å². The van der Waals surface area contributed by atoms with Gasteiger partial charge in [-0.15, -0.1) is 0 Å². The number of fused-ring (bicyclic) bond motifs is 3. The van der Waals surface area contributed by atoms with Gasteiger partial charge in [-0.2, -0.15) is 0 Å². The third-order valence-corrected chi connectivity index (χ3v) is 8.08. The van der Waals surface area contributed by atoms with E-state index in [-0.39, 0.29) is 24.5 Å². The summed E-state index contributed by atoms with van der Waals surface area (Å²) < 4.78 is 5.72. The summed E-state index contributed by atoms with van der Waals surface area (Å²) in [6.07, 6.45) is 7.50. The zero-order chi connectivity index (χ0) is 25.7. The third-order valence-electron chi connectivity index (χ3n) is 8.08. The van der Waals surface area contributed by atoms with Gasteiger partial charge in [0.15, 0.2) is 0 Å². The molecule has 192 valence electrons. The SMILES string of the molecule is CNC(=O)Nc1ccc2c(c1)CC[C@@]21OC(=O)N(CC(=O)N2Cc3ccncc3CCC2C2CC2)C1=O. The Balaban J connectivity index is 1.23. The minimum Gasteiger partial charge on any atom is -0.427 e. The number of anilines is 1. The second-order valence-electron chi connectivity index (χ2n) is 10.3. The molecule has 1 saturated carbocycles. The highest BCUT2D eigenvalue weighted by molar-refractivity contribution is 6.06. The van der Waals surface area contributed by atoms with Gasteiger partial charge in [-0.3, -0.25) is 14.6 Å². The number of aryl methyl sites for hydroxylation is 2. The molecular weight excluding hydrogens is 474 g/mol. The van der Waals surface area contributed by atoms with Crippen LogP contribution in [0.3, 0.4) is 0 Å². The van der Waals surface area contributed by atoms with E-state index in [0.29, 0.717) is 36.6 Å². The lowest BCUT2D eigenvalue weighted by Gasteiger charge is -2.31. The molecule has 2 atom stereocenters. The number of imide groups is 1. The molecule has 1 aromatic heterocycles. The van der Waals surface area contributed by atoms with E-state index in [1.54, 1.807) is 24.4 Å². The van der Waals surface area contributed by atoms with Crippen LogP contribution in [0.25, 0.3) is 0 Å². The van der Waals surface area contributed by atoms with Crippen molar-refractivity contribution in [3.8, 4) is 0 Å². The molecule has 2 N–H and O–H groups in total. The summed E-state index contributed by atoms with van der Waals surface area (Å²) in [6.45, 7) is 0.110. The largest absolute Gasteiger partial charge is 0.427 e. The maximum absolute atomic E-state index is 13.6. The van der Waals surface area contributed by atoms with Crippen LogP contribution >= 0.6 is 0 Å². The van der Waals surface area contributed by atoms with Gasteiger partial charge < -0.3 is 20.3 Å². The van der Waals surface area contributed by atoms with E-state index in [2.05, 4.69) is 15.6 Å². The number of urea groups is 1. The van der Waals surface area contributed by atoms with Crippen molar-refractivity contribution in [1.82, 2.24) is 20.1 Å². The molecule has 2 aromatic rings. The van der Waals surface area contributed by atoms with Crippen molar-refractivity contribution < 1.29 is 23.9 Å². The second-order valence-corrected chi connectivity index (χ2v) is 10.3. The highest BCUT2D eigenvalue weighted by Crippen LogP contribution is 2.46. The predicted octanol–water partition coefficient (Wildman–Crippen LogP) is 2.71. The topological polar surface area (TPSA) is 121 Å². The predicted molar refractivity (Wildman–Crippen MR) is 132 cm³/mol. The van der Waals surface area contributed by atoms with E-state index in [9.17, 15) is 19.2 Å². The second kappa shape index (κ2) is 8.86. The number of hydrogen-bond donors (Lipinski definition) is 2. The minimum atomic E-state index is -1.43. The first-order valence-electron chi connectivity index (χ1n) is 12.8. The van der Waals surface area contributed by atoms with Crippen molar-refractivity contribution in [2.75, 3.05) is 18.9 Å². The average molecular weight is 504 g/mol. The van der Waals surface area contributed by atoms with Crippen molar-refractivity contribution in [3.05, 3.63) is 58.9 Å². The standard InChI is InChI=1S/C27H29N5O5/c1-28-25(35)30-20-5-6-21-17(12-20)8-10-27(21)24(34)32(26(36)37-27)15-23(33)31-14-19-9-11-29-13-18(19)4-7-22(31)16-2-3-16/h5-6,9,11-13,16,22H,2-4,7-8,10,14-15H2,1H3,(H2,28,30,35)/t22?,27-/m1/s1. The van der Waals surface area contributed by atoms with Gasteiger partial charge in [-0.1, -0.05) is 6.07 Å². The van der Waals surface area contributed by atoms with E-state index >= 15 is 0 Å². The Morgan fingerprint density at radius 3 is 2.73 bits per heavy atom. The lowest BCUT2D eigenvalue weighted by Crippen LogP contribution is -2.48. The molecule has 10 heteroatoms. The van der Waals surface area contributed by atoms with Crippen LogP contribution in [0.4, 0.5) is 15.3 Å². The van der Waals surface area contributed by atoms with E-state index in [4.69, 9.17) is 4.74 Å². The lowest BCUT2D eigenvalue weighted by atomic mass is 9.94. The first-order valence-corrected chi connectivity index (χ1v) is 12.8. The zero-order valence-electron chi connectivity index (χ0n) is 20.7. The van der Waals surface area contributed by atoms with Gasteiger partial charge in [0.2, 0.25) is 11.5 Å². The Bertz CT molecular complexity index is 1310. The van der Waals surface area contributed by atoms with Crippen molar-refractivity contribution in [3.63, 3.8) is 0 Å². The summed E-state index contributed by atoms with van der Waals surface area (Å²) in [5.74, 6) is -0.288. The molecule has 1 saturated heterocycles. The normalized spacial score (nSPS) is 24.4. The summed E-state index contributed by atoms with van der Waals surface area (Å²) in [5, 5.41) is 5.21. The zero-order valence-corrected chi connectivity index (χ0v) is 20.7. The molecule has 0 bridgehead atoms. The van der Waals surface area contributed by atoms with Crippen LogP contribution < -0.4 is 10.6 Å². The fourth-order valence-corrected chi connectivity index (χ4v) is 5.99. The van der Waals surface area contributed by atoms with Crippen molar-refractivity contribution in [1.29, 1.82) is 0 Å². The summed E-state index contributed by atoms with van der Waals surface area (Å²) in [5.41, 5.74) is 2.80. The average Bonchev–Trinajstić information content (AvgIpc) is 3.66. The number of rotatable bonds is 4. The molecule has 0 radical (unpaired) electrons. The number of nitrogens with one attached hydrogen (secondary N) is 2. The molecular formula is C27H29N5O5. The highest BCUT2D eigenvalue weighted by Gasteiger charge is 2.58. The number of ether oxygens (including phenoxy) is 1. The Morgan fingerprint density at radius 1 is 1.11 bits per heavy atom. The monoisotopic (exact) mass is 503 g/mol. The maximum Gasteiger partial charge on any atom is 0.418 e. The summed E-state index contributed by atoms with van der Waals surface area (Å²) in [6, 6.07) is 6.86. The van der Waals surface area contributed by atoms with Crippen molar-refractivity contribution in [2.24, 2.45) is 5.92 Å². The Morgan fingerprint density at radius 2 is 1.95 bits per heavy atom. The molecule has 2 fully saturated rings. The van der Waals surface area contributed by atoms with E-state index in [0.717, 1.165) is 47.3 Å². The van der Waals surface area contributed by atoms with Crippen molar-refractivity contribution in [2.45, 2.75) is 56.7 Å². The van der Waals surface area contributed by atoms with Crippen LogP contribution in [0.15, 0.2) is 36.7 Å². The van der Waals surface area contributed by atoms with Gasteiger partial charge in [-0.05, 0) is 72.9 Å². The van der Waals surface area contributed by atoms with Gasteiger partial charge in [0, 0.05) is 49.7 Å². The van der Waals surface area contributed by atoms with Crippen LogP contribution in [0.2, 0.25) is 0 Å². The smallest absolute Gasteiger partial charge is 0.418 e. The number of hydrogen-bond acceptors (Lipinski definition) is 6. The molecule has 1 spiro atoms. The molecule has 1 aromatic carbocycles. The fraction of sp³-hybridized carbons (Fsp3) is 0.444. The minimum absolute atomic E-state index is 0.0843. The number of carbonyl (C=O) groups is 4. The molecule has 37 heavy (non-hydrogen) atoms. The van der Waals surface area contributed by atoms with Crippen LogP contribution in [0, 0.1) is 5.92 Å². The van der Waals surface area contributed by atoms with Crippen molar-refractivity contribution >= 4 is 29.6 Å². The van der Waals surface area contributed by atoms with E-state index < -0.39 is 17.6 Å². The number of carbonyl (C=O) groups excluding carboxylic acids is 4. The van der Waals surface area contributed by atoms with Crippen LogP contribution in [-0.4, -0.2) is 58.4 Å². The van der Waals surface area contributed by atoms with Gasteiger partial charge in [0.05, 0.1) is 0 Å². The highest BCUT2D eigenvalue weighted by atomic mass is 16.6. The van der Waals surface area contributed by atoms with Gasteiger partial charge in [0.25, 0.3) is 5.91 Å². The molecule has 5 amide bonds. The Hall–Kier alpha value is -3.95. The third kappa shape index (κ3) is 4.00. The summed E-state index contributed by atoms with van der Waals surface area (Å²) >= 11 is 0. The Labute approximate surface area is 214 Å². The first kappa shape index (κ1) is 23.4. The van der Waals surface area contributed by atoms with Gasteiger partial charge in [0.1, 0.15) is 6.54 Å². The number of amides is 5. The number of aromatic nitrogens is 1. The first-order chi connectivity index (χ1) is 17.9. The molecule has 4 aliphatic rings. The fourth-order valence-electron chi connectivity index (χ4n) is 5.99. The van der Waals surface area contributed by atoms with Crippen LogP contribution in [0.5, 0.6) is 0 Å². The van der Waals surface area contributed by atoms with E-state index in [1.165, 1.54) is 7.05 Å². The maximum atomic E-state index is 13.6. The summed E-state index contributed by atoms with van der Waals surface area (Å²) in [7, 11) is 1.53. The molecule has 6 rings (SSSR count). The van der Waals surface area contributed by atoms with Crippen LogP contribution in [-0.2, 0) is 39.3 Å². The number of pyridine rings is 1. The molecule has 2 aliphatic heterocycles. The van der Waals surface area contributed by atoms with Crippen LogP contribution in [0.1, 0.15) is 47.9 Å². The Kier molecular flexibility index (Phi) is 5.62. The van der Waals surface area contributed by atoms with E-state index in [1.807, 2.05) is 17.2 Å².